The van der Waals surface area contributed by atoms with Crippen LogP contribution in [0.4, 0.5) is 5.95 Å². The van der Waals surface area contributed by atoms with E-state index in [2.05, 4.69) is 28.6 Å². The van der Waals surface area contributed by atoms with Gasteiger partial charge in [-0.1, -0.05) is 6.07 Å². The van der Waals surface area contributed by atoms with E-state index in [-0.39, 0.29) is 0 Å². The molecule has 0 aliphatic carbocycles. The Morgan fingerprint density at radius 3 is 3.00 bits per heavy atom. The van der Waals surface area contributed by atoms with Crippen LogP contribution in [0.1, 0.15) is 12.6 Å². The van der Waals surface area contributed by atoms with Crippen LogP contribution in [0.3, 0.4) is 0 Å². The molecule has 0 aromatic carbocycles. The van der Waals surface area contributed by atoms with Crippen molar-refractivity contribution < 1.29 is 0 Å². The van der Waals surface area contributed by atoms with Crippen molar-refractivity contribution in [3.8, 4) is 0 Å². The standard InChI is InChI=1S/C11H16N4S/c1-8(7-16-3)12-11-13-10-6-4-5-9(2)15(10)14-11/h4-6,8H,7H2,1-3H3,(H,12,14). The van der Waals surface area contributed by atoms with Crippen molar-refractivity contribution in [2.75, 3.05) is 17.3 Å². The van der Waals surface area contributed by atoms with Gasteiger partial charge in [0, 0.05) is 17.5 Å². The van der Waals surface area contributed by atoms with Crippen LogP contribution in [0.25, 0.3) is 5.65 Å². The van der Waals surface area contributed by atoms with Crippen LogP contribution < -0.4 is 5.32 Å². The van der Waals surface area contributed by atoms with Gasteiger partial charge in [0.1, 0.15) is 0 Å². The summed E-state index contributed by atoms with van der Waals surface area (Å²) in [5.41, 5.74) is 1.98. The number of anilines is 1. The maximum absolute atomic E-state index is 4.43. The van der Waals surface area contributed by atoms with Crippen LogP contribution >= 0.6 is 11.8 Å². The Morgan fingerprint density at radius 1 is 1.50 bits per heavy atom. The minimum Gasteiger partial charge on any atom is -0.350 e. The van der Waals surface area contributed by atoms with Crippen LogP contribution in [0.15, 0.2) is 18.2 Å². The fourth-order valence-corrected chi connectivity index (χ4v) is 2.19. The van der Waals surface area contributed by atoms with E-state index < -0.39 is 0 Å². The van der Waals surface area contributed by atoms with E-state index in [0.29, 0.717) is 12.0 Å². The maximum atomic E-state index is 4.43. The first-order chi connectivity index (χ1) is 7.70. The largest absolute Gasteiger partial charge is 0.350 e. The Morgan fingerprint density at radius 2 is 2.31 bits per heavy atom. The number of aromatic nitrogens is 3. The molecule has 0 bridgehead atoms. The average Bonchev–Trinajstić information content (AvgIpc) is 2.62. The monoisotopic (exact) mass is 236 g/mol. The van der Waals surface area contributed by atoms with Crippen molar-refractivity contribution in [2.24, 2.45) is 0 Å². The molecule has 1 N–H and O–H groups in total. The number of rotatable bonds is 4. The molecule has 0 fully saturated rings. The van der Waals surface area contributed by atoms with Gasteiger partial charge in [-0.05, 0) is 32.2 Å². The molecule has 0 amide bonds. The first-order valence-electron chi connectivity index (χ1n) is 5.28. The minimum atomic E-state index is 0.382. The van der Waals surface area contributed by atoms with Crippen molar-refractivity contribution in [3.05, 3.63) is 23.9 Å². The lowest BCUT2D eigenvalue weighted by Gasteiger charge is -2.09. The third-order valence-corrected chi connectivity index (χ3v) is 3.17. The third-order valence-electron chi connectivity index (χ3n) is 2.34. The van der Waals surface area contributed by atoms with E-state index in [1.807, 2.05) is 41.4 Å². The molecule has 86 valence electrons. The van der Waals surface area contributed by atoms with E-state index >= 15 is 0 Å². The zero-order valence-corrected chi connectivity index (χ0v) is 10.6. The molecule has 0 aliphatic heterocycles. The van der Waals surface area contributed by atoms with Crippen molar-refractivity contribution in [2.45, 2.75) is 19.9 Å². The molecule has 0 saturated heterocycles. The number of hydrogen-bond acceptors (Lipinski definition) is 4. The van der Waals surface area contributed by atoms with Crippen molar-refractivity contribution in [1.82, 2.24) is 14.6 Å². The normalized spacial score (nSPS) is 12.9. The fraction of sp³-hybridized carbons (Fsp3) is 0.455. The molecule has 5 heteroatoms. The second-order valence-corrected chi connectivity index (χ2v) is 4.78. The van der Waals surface area contributed by atoms with Crippen LogP contribution in [0.5, 0.6) is 0 Å². The quantitative estimate of drug-likeness (QED) is 0.883. The highest BCUT2D eigenvalue weighted by molar-refractivity contribution is 7.98. The van der Waals surface area contributed by atoms with Gasteiger partial charge in [0.05, 0.1) is 0 Å². The summed E-state index contributed by atoms with van der Waals surface area (Å²) < 4.78 is 1.86. The number of nitrogens with zero attached hydrogens (tertiary/aromatic N) is 3. The van der Waals surface area contributed by atoms with Gasteiger partial charge in [0.15, 0.2) is 5.65 Å². The first-order valence-corrected chi connectivity index (χ1v) is 6.68. The number of pyridine rings is 1. The van der Waals surface area contributed by atoms with E-state index in [1.165, 1.54) is 0 Å². The van der Waals surface area contributed by atoms with Crippen LogP contribution in [0.2, 0.25) is 0 Å². The molecular formula is C11H16N4S. The summed E-state index contributed by atoms with van der Waals surface area (Å²) in [5.74, 6) is 1.75. The lowest BCUT2D eigenvalue weighted by Crippen LogP contribution is -2.18. The Balaban J connectivity index is 2.23. The number of aryl methyl sites for hydroxylation is 1. The summed E-state index contributed by atoms with van der Waals surface area (Å²) in [7, 11) is 0. The smallest absolute Gasteiger partial charge is 0.243 e. The lowest BCUT2D eigenvalue weighted by molar-refractivity contribution is 0.864. The first kappa shape index (κ1) is 11.3. The van der Waals surface area contributed by atoms with Gasteiger partial charge in [0.2, 0.25) is 5.95 Å². The van der Waals surface area contributed by atoms with Gasteiger partial charge in [-0.15, -0.1) is 5.10 Å². The summed E-state index contributed by atoms with van der Waals surface area (Å²) in [6.45, 7) is 4.16. The van der Waals surface area contributed by atoms with E-state index in [9.17, 15) is 0 Å². The number of hydrogen-bond donors (Lipinski definition) is 1. The molecule has 2 aromatic rings. The molecule has 0 spiro atoms. The number of fused-ring (bicyclic) bond motifs is 1. The Hall–Kier alpha value is -1.23. The molecular weight excluding hydrogens is 220 g/mol. The maximum Gasteiger partial charge on any atom is 0.243 e. The van der Waals surface area contributed by atoms with Crippen molar-refractivity contribution in [1.29, 1.82) is 0 Å². The Kier molecular flexibility index (Phi) is 3.33. The summed E-state index contributed by atoms with van der Waals surface area (Å²) in [6, 6.07) is 6.36. The summed E-state index contributed by atoms with van der Waals surface area (Å²) in [6.07, 6.45) is 2.10. The molecule has 4 nitrogen and oxygen atoms in total. The van der Waals surface area contributed by atoms with Crippen LogP contribution in [-0.2, 0) is 0 Å². The Bertz CT molecular complexity index is 480. The summed E-state index contributed by atoms with van der Waals surface area (Å²) >= 11 is 1.81. The van der Waals surface area contributed by atoms with Gasteiger partial charge >= 0.3 is 0 Å². The van der Waals surface area contributed by atoms with Gasteiger partial charge < -0.3 is 5.32 Å². The van der Waals surface area contributed by atoms with E-state index in [1.54, 1.807) is 0 Å². The second-order valence-electron chi connectivity index (χ2n) is 3.87. The predicted molar refractivity (Wildman–Crippen MR) is 69.2 cm³/mol. The predicted octanol–water partition coefficient (Wildman–Crippen LogP) is 2.20. The molecule has 0 aliphatic rings. The minimum absolute atomic E-state index is 0.382. The summed E-state index contributed by atoms with van der Waals surface area (Å²) in [5, 5.41) is 7.72. The molecule has 1 atom stereocenters. The van der Waals surface area contributed by atoms with E-state index in [4.69, 9.17) is 0 Å². The molecule has 2 rings (SSSR count). The van der Waals surface area contributed by atoms with E-state index in [0.717, 1.165) is 17.1 Å². The SMILES string of the molecule is CSCC(C)Nc1nc2cccc(C)n2n1. The molecule has 16 heavy (non-hydrogen) atoms. The second kappa shape index (κ2) is 4.74. The molecule has 1 unspecified atom stereocenters. The van der Waals surface area contributed by atoms with Crippen LogP contribution in [-0.4, -0.2) is 32.6 Å². The van der Waals surface area contributed by atoms with Crippen molar-refractivity contribution in [3.63, 3.8) is 0 Å². The van der Waals surface area contributed by atoms with Gasteiger partial charge in [-0.25, -0.2) is 4.52 Å². The topological polar surface area (TPSA) is 42.2 Å². The summed E-state index contributed by atoms with van der Waals surface area (Å²) in [4.78, 5) is 4.43. The zero-order chi connectivity index (χ0) is 11.5. The fourth-order valence-electron chi connectivity index (χ4n) is 1.61. The highest BCUT2D eigenvalue weighted by Crippen LogP contribution is 2.09. The zero-order valence-electron chi connectivity index (χ0n) is 9.77. The number of nitrogens with one attached hydrogen (secondary N) is 1. The number of thioether (sulfide) groups is 1. The average molecular weight is 236 g/mol. The Labute approximate surface area is 99.5 Å². The third kappa shape index (κ3) is 2.29. The highest BCUT2D eigenvalue weighted by atomic mass is 32.2. The molecule has 0 saturated carbocycles. The lowest BCUT2D eigenvalue weighted by atomic mass is 10.4. The highest BCUT2D eigenvalue weighted by Gasteiger charge is 2.07. The van der Waals surface area contributed by atoms with Gasteiger partial charge in [0.25, 0.3) is 0 Å². The molecule has 2 heterocycles. The molecule has 2 aromatic heterocycles. The van der Waals surface area contributed by atoms with Gasteiger partial charge in [-0.2, -0.15) is 16.7 Å². The molecule has 0 radical (unpaired) electrons. The van der Waals surface area contributed by atoms with Crippen LogP contribution in [0, 0.1) is 6.92 Å². The van der Waals surface area contributed by atoms with Crippen molar-refractivity contribution >= 4 is 23.4 Å². The van der Waals surface area contributed by atoms with Gasteiger partial charge in [-0.3, -0.25) is 0 Å².